The molecule has 0 amide bonds. The lowest BCUT2D eigenvalue weighted by atomic mass is 10.1. The van der Waals surface area contributed by atoms with E-state index >= 15 is 0 Å². The summed E-state index contributed by atoms with van der Waals surface area (Å²) in [5.74, 6) is 0. The van der Waals surface area contributed by atoms with E-state index in [-0.39, 0.29) is 6.10 Å². The van der Waals surface area contributed by atoms with Crippen molar-refractivity contribution in [2.24, 2.45) is 0 Å². The number of hydrogen-bond acceptors (Lipinski definition) is 3. The second-order valence-electron chi connectivity index (χ2n) is 4.26. The van der Waals surface area contributed by atoms with Gasteiger partial charge in [-0.25, -0.2) is 0 Å². The summed E-state index contributed by atoms with van der Waals surface area (Å²) in [4.78, 5) is 0. The molecular weight excluding hydrogens is 248 g/mol. The molecule has 18 heavy (non-hydrogen) atoms. The highest BCUT2D eigenvalue weighted by Crippen LogP contribution is 2.15. The average molecular weight is 266 g/mol. The van der Waals surface area contributed by atoms with Crippen molar-refractivity contribution in [3.8, 4) is 0 Å². The normalized spacial score (nSPS) is 20.8. The smallest absolute Gasteiger partial charge is 0.268 e. The summed E-state index contributed by atoms with van der Waals surface area (Å²) in [6.07, 6.45) is 7.80. The van der Waals surface area contributed by atoms with Gasteiger partial charge < -0.3 is 0 Å². The fourth-order valence-electron chi connectivity index (χ4n) is 1.86. The quantitative estimate of drug-likeness (QED) is 0.743. The Labute approximate surface area is 111 Å². The first-order chi connectivity index (χ1) is 8.84. The summed E-state index contributed by atoms with van der Waals surface area (Å²) in [7, 11) is 0. The Balaban J connectivity index is 1.66. The van der Waals surface area contributed by atoms with Crippen LogP contribution in [0.3, 0.4) is 0 Å². The van der Waals surface area contributed by atoms with Crippen molar-refractivity contribution in [1.29, 1.82) is 0 Å². The van der Waals surface area contributed by atoms with Crippen LogP contribution >= 0.6 is 0 Å². The zero-order valence-corrected chi connectivity index (χ0v) is 11.1. The molecule has 2 rings (SSSR count). The molecule has 0 spiro atoms. The maximum absolute atomic E-state index is 11.5. The SMILES string of the molecule is O=S(OCCc1ccccc1)OC1C=CCCC1. The van der Waals surface area contributed by atoms with Gasteiger partial charge in [-0.1, -0.05) is 42.5 Å². The Morgan fingerprint density at radius 2 is 2.11 bits per heavy atom. The summed E-state index contributed by atoms with van der Waals surface area (Å²) < 4.78 is 22.0. The van der Waals surface area contributed by atoms with Gasteiger partial charge in [0.25, 0.3) is 0 Å². The van der Waals surface area contributed by atoms with Gasteiger partial charge in [0, 0.05) is 0 Å². The van der Waals surface area contributed by atoms with Gasteiger partial charge in [0.15, 0.2) is 0 Å². The van der Waals surface area contributed by atoms with E-state index in [1.165, 1.54) is 5.56 Å². The second kappa shape index (κ2) is 7.46. The first-order valence-corrected chi connectivity index (χ1v) is 7.27. The van der Waals surface area contributed by atoms with Crippen molar-refractivity contribution in [3.05, 3.63) is 48.0 Å². The van der Waals surface area contributed by atoms with E-state index in [9.17, 15) is 4.21 Å². The van der Waals surface area contributed by atoms with Crippen LogP contribution < -0.4 is 0 Å². The third-order valence-corrected chi connectivity index (χ3v) is 3.59. The summed E-state index contributed by atoms with van der Waals surface area (Å²) in [5.41, 5.74) is 1.17. The van der Waals surface area contributed by atoms with Crippen LogP contribution in [0.1, 0.15) is 24.8 Å². The molecule has 1 aliphatic rings. The van der Waals surface area contributed by atoms with E-state index in [0.717, 1.165) is 25.7 Å². The van der Waals surface area contributed by atoms with Crippen molar-refractivity contribution in [2.45, 2.75) is 31.8 Å². The predicted molar refractivity (Wildman–Crippen MR) is 72.1 cm³/mol. The standard InChI is InChI=1S/C14H18O3S/c15-18(17-14-9-5-2-6-10-14)16-12-11-13-7-3-1-4-8-13/h1,3-5,7-9,14H,2,6,10-12H2. The van der Waals surface area contributed by atoms with E-state index in [2.05, 4.69) is 6.08 Å². The van der Waals surface area contributed by atoms with Crippen molar-refractivity contribution >= 4 is 11.4 Å². The van der Waals surface area contributed by atoms with Crippen LogP contribution in [0.25, 0.3) is 0 Å². The Bertz CT molecular complexity index is 403. The van der Waals surface area contributed by atoms with Crippen LogP contribution in [0.2, 0.25) is 0 Å². The lowest BCUT2D eigenvalue weighted by Gasteiger charge is -2.15. The topological polar surface area (TPSA) is 35.5 Å². The highest BCUT2D eigenvalue weighted by molar-refractivity contribution is 7.75. The van der Waals surface area contributed by atoms with Crippen molar-refractivity contribution in [3.63, 3.8) is 0 Å². The molecule has 0 saturated carbocycles. The van der Waals surface area contributed by atoms with E-state index in [0.29, 0.717) is 6.61 Å². The molecule has 0 aromatic heterocycles. The van der Waals surface area contributed by atoms with Gasteiger partial charge in [0.2, 0.25) is 0 Å². The number of allylic oxidation sites excluding steroid dienone is 1. The van der Waals surface area contributed by atoms with Crippen LogP contribution in [0.5, 0.6) is 0 Å². The third kappa shape index (κ3) is 4.72. The molecule has 0 N–H and O–H groups in total. The van der Waals surface area contributed by atoms with Crippen LogP contribution in [-0.2, 0) is 26.1 Å². The van der Waals surface area contributed by atoms with Gasteiger partial charge in [-0.3, -0.25) is 8.37 Å². The van der Waals surface area contributed by atoms with Gasteiger partial charge in [0.1, 0.15) is 0 Å². The van der Waals surface area contributed by atoms with Crippen molar-refractivity contribution in [2.75, 3.05) is 6.61 Å². The highest BCUT2D eigenvalue weighted by atomic mass is 32.2. The summed E-state index contributed by atoms with van der Waals surface area (Å²) in [6, 6.07) is 9.99. The predicted octanol–water partition coefficient (Wildman–Crippen LogP) is 2.95. The van der Waals surface area contributed by atoms with Gasteiger partial charge in [-0.05, 0) is 31.2 Å². The van der Waals surface area contributed by atoms with Crippen LogP contribution in [-0.4, -0.2) is 16.9 Å². The molecule has 2 unspecified atom stereocenters. The monoisotopic (exact) mass is 266 g/mol. The second-order valence-corrected chi connectivity index (χ2v) is 5.09. The average Bonchev–Trinajstić information content (AvgIpc) is 2.41. The van der Waals surface area contributed by atoms with Crippen LogP contribution in [0.4, 0.5) is 0 Å². The molecule has 0 saturated heterocycles. The first kappa shape index (κ1) is 13.5. The minimum atomic E-state index is -1.64. The molecule has 1 aromatic rings. The summed E-state index contributed by atoms with van der Waals surface area (Å²) >= 11 is -1.64. The van der Waals surface area contributed by atoms with Crippen molar-refractivity contribution in [1.82, 2.24) is 0 Å². The zero-order chi connectivity index (χ0) is 12.6. The van der Waals surface area contributed by atoms with Gasteiger partial charge in [-0.15, -0.1) is 0 Å². The Morgan fingerprint density at radius 1 is 1.28 bits per heavy atom. The molecule has 4 heteroatoms. The maximum Gasteiger partial charge on any atom is 0.305 e. The molecule has 1 aliphatic carbocycles. The number of hydrogen-bond donors (Lipinski definition) is 0. The minimum Gasteiger partial charge on any atom is -0.268 e. The molecule has 0 heterocycles. The van der Waals surface area contributed by atoms with Gasteiger partial charge in [-0.2, -0.15) is 4.21 Å². The van der Waals surface area contributed by atoms with Crippen LogP contribution in [0.15, 0.2) is 42.5 Å². The third-order valence-electron chi connectivity index (χ3n) is 2.83. The fourth-order valence-corrected chi connectivity index (χ4v) is 2.50. The maximum atomic E-state index is 11.5. The molecular formula is C14H18O3S. The number of benzene rings is 1. The largest absolute Gasteiger partial charge is 0.305 e. The highest BCUT2D eigenvalue weighted by Gasteiger charge is 2.13. The van der Waals surface area contributed by atoms with E-state index in [1.807, 2.05) is 36.4 Å². The Hall–Kier alpha value is -0.970. The molecule has 98 valence electrons. The lowest BCUT2D eigenvalue weighted by molar-refractivity contribution is 0.202. The van der Waals surface area contributed by atoms with Gasteiger partial charge in [0.05, 0.1) is 12.7 Å². The molecule has 0 aliphatic heterocycles. The molecule has 0 bridgehead atoms. The van der Waals surface area contributed by atoms with Gasteiger partial charge >= 0.3 is 11.4 Å². The van der Waals surface area contributed by atoms with E-state index in [4.69, 9.17) is 8.37 Å². The number of rotatable bonds is 6. The first-order valence-electron chi connectivity index (χ1n) is 6.27. The Morgan fingerprint density at radius 3 is 2.83 bits per heavy atom. The lowest BCUT2D eigenvalue weighted by Crippen LogP contribution is -2.16. The molecule has 1 aromatic carbocycles. The minimum absolute atomic E-state index is 0.0590. The molecule has 3 nitrogen and oxygen atoms in total. The van der Waals surface area contributed by atoms with Crippen LogP contribution in [0, 0.1) is 0 Å². The molecule has 2 atom stereocenters. The zero-order valence-electron chi connectivity index (χ0n) is 10.3. The summed E-state index contributed by atoms with van der Waals surface area (Å²) in [6.45, 7) is 0.410. The van der Waals surface area contributed by atoms with Crippen molar-refractivity contribution < 1.29 is 12.6 Å². The molecule has 0 radical (unpaired) electrons. The molecule has 0 fully saturated rings. The van der Waals surface area contributed by atoms with E-state index in [1.54, 1.807) is 0 Å². The van der Waals surface area contributed by atoms with E-state index < -0.39 is 11.4 Å². The fraction of sp³-hybridized carbons (Fsp3) is 0.429. The summed E-state index contributed by atoms with van der Waals surface area (Å²) in [5, 5.41) is 0. The Kier molecular flexibility index (Phi) is 5.58.